The number of rotatable bonds is 5. The minimum absolute atomic E-state index is 0. The molecule has 8 heteroatoms. The molecule has 2 heterocycles. The molecule has 160 valence electrons. The second-order valence-electron chi connectivity index (χ2n) is 7.17. The summed E-state index contributed by atoms with van der Waals surface area (Å²) in [5.41, 5.74) is 1.18. The number of nitrogens with zero attached hydrogens (tertiary/aromatic N) is 2. The van der Waals surface area contributed by atoms with Crippen molar-refractivity contribution in [3.63, 3.8) is 0 Å². The lowest BCUT2D eigenvalue weighted by atomic mass is 10.0. The lowest BCUT2D eigenvalue weighted by Gasteiger charge is -2.22. The Morgan fingerprint density at radius 3 is 2.47 bits per heavy atom. The smallest absolute Gasteiger partial charge is 0.419 e. The van der Waals surface area contributed by atoms with Crippen molar-refractivity contribution in [3.05, 3.63) is 72.1 Å². The first-order valence-corrected chi connectivity index (χ1v) is 9.64. The second-order valence-corrected chi connectivity index (χ2v) is 7.17. The zero-order valence-electron chi connectivity index (χ0n) is 16.2. The third-order valence-electron chi connectivity index (χ3n) is 5.14. The predicted octanol–water partition coefficient (Wildman–Crippen LogP) is 5.49. The van der Waals surface area contributed by atoms with Crippen molar-refractivity contribution in [2.45, 2.75) is 31.7 Å². The van der Waals surface area contributed by atoms with Crippen molar-refractivity contribution in [1.82, 2.24) is 15.1 Å². The Kier molecular flexibility index (Phi) is 7.05. The van der Waals surface area contributed by atoms with E-state index < -0.39 is 11.7 Å². The minimum Gasteiger partial charge on any atom is -0.488 e. The van der Waals surface area contributed by atoms with Gasteiger partial charge < -0.3 is 10.1 Å². The van der Waals surface area contributed by atoms with Crippen LogP contribution in [0.3, 0.4) is 0 Å². The van der Waals surface area contributed by atoms with Crippen LogP contribution in [0.2, 0.25) is 0 Å². The molecule has 1 saturated heterocycles. The standard InChI is InChI=1S/C22H22F3N3O.ClH/c23-22(24,25)20-12-17(6-7-21(20)29-15-16-4-2-1-3-5-16)18-13-27-28(14-18)19-8-10-26-11-9-19;/h1-7,12-14,19,26H,8-11,15H2;1H. The Balaban J connectivity index is 0.00000256. The van der Waals surface area contributed by atoms with Crippen LogP contribution >= 0.6 is 12.4 Å². The van der Waals surface area contributed by atoms with E-state index in [4.69, 9.17) is 4.74 Å². The third kappa shape index (κ3) is 5.15. The van der Waals surface area contributed by atoms with E-state index in [2.05, 4.69) is 10.4 Å². The molecule has 0 amide bonds. The SMILES string of the molecule is Cl.FC(F)(F)c1cc(-c2cnn(C3CCNCC3)c2)ccc1OCc1ccccc1. The van der Waals surface area contributed by atoms with E-state index in [9.17, 15) is 13.2 Å². The monoisotopic (exact) mass is 437 g/mol. The van der Waals surface area contributed by atoms with Gasteiger partial charge in [0.05, 0.1) is 17.8 Å². The molecule has 3 aromatic rings. The van der Waals surface area contributed by atoms with E-state index in [-0.39, 0.29) is 30.8 Å². The maximum absolute atomic E-state index is 13.7. The van der Waals surface area contributed by atoms with Crippen LogP contribution in [0.15, 0.2) is 60.9 Å². The number of nitrogens with one attached hydrogen (secondary N) is 1. The molecule has 2 aromatic carbocycles. The van der Waals surface area contributed by atoms with E-state index in [1.54, 1.807) is 12.3 Å². The summed E-state index contributed by atoms with van der Waals surface area (Å²) in [6.07, 6.45) is 0.868. The van der Waals surface area contributed by atoms with Crippen LogP contribution < -0.4 is 10.1 Å². The first-order valence-electron chi connectivity index (χ1n) is 9.64. The third-order valence-corrected chi connectivity index (χ3v) is 5.14. The molecule has 4 rings (SSSR count). The summed E-state index contributed by atoms with van der Waals surface area (Å²) in [7, 11) is 0. The summed E-state index contributed by atoms with van der Waals surface area (Å²) in [4.78, 5) is 0. The molecule has 1 aromatic heterocycles. The molecule has 0 saturated carbocycles. The molecule has 0 unspecified atom stereocenters. The van der Waals surface area contributed by atoms with Gasteiger partial charge in [0.25, 0.3) is 0 Å². The summed E-state index contributed by atoms with van der Waals surface area (Å²) in [6, 6.07) is 13.6. The number of hydrogen-bond acceptors (Lipinski definition) is 3. The van der Waals surface area contributed by atoms with E-state index in [0.717, 1.165) is 37.6 Å². The zero-order chi connectivity index (χ0) is 20.3. The Labute approximate surface area is 179 Å². The lowest BCUT2D eigenvalue weighted by molar-refractivity contribution is -0.139. The van der Waals surface area contributed by atoms with Gasteiger partial charge in [-0.1, -0.05) is 36.4 Å². The van der Waals surface area contributed by atoms with Gasteiger partial charge >= 0.3 is 6.18 Å². The zero-order valence-corrected chi connectivity index (χ0v) is 17.0. The van der Waals surface area contributed by atoms with Crippen LogP contribution in [0.1, 0.15) is 30.0 Å². The maximum atomic E-state index is 13.7. The summed E-state index contributed by atoms with van der Waals surface area (Å²) in [5.74, 6) is -0.171. The molecule has 4 nitrogen and oxygen atoms in total. The Bertz CT molecular complexity index is 954. The molecule has 0 spiro atoms. The molecule has 30 heavy (non-hydrogen) atoms. The number of halogens is 4. The Hall–Kier alpha value is -2.51. The number of alkyl halides is 3. The fourth-order valence-corrected chi connectivity index (χ4v) is 3.55. The highest BCUT2D eigenvalue weighted by molar-refractivity contribution is 5.85. The van der Waals surface area contributed by atoms with Crippen LogP contribution in [0.5, 0.6) is 5.75 Å². The van der Waals surface area contributed by atoms with Gasteiger partial charge in [0, 0.05) is 11.8 Å². The van der Waals surface area contributed by atoms with Crippen LogP contribution in [0.4, 0.5) is 13.2 Å². The molecule has 0 radical (unpaired) electrons. The van der Waals surface area contributed by atoms with Gasteiger partial charge in [0.15, 0.2) is 0 Å². The molecular weight excluding hydrogens is 415 g/mol. The molecule has 0 aliphatic carbocycles. The summed E-state index contributed by atoms with van der Waals surface area (Å²) >= 11 is 0. The number of hydrogen-bond donors (Lipinski definition) is 1. The topological polar surface area (TPSA) is 39.1 Å². The van der Waals surface area contributed by atoms with Gasteiger partial charge in [0.2, 0.25) is 0 Å². The number of ether oxygens (including phenoxy) is 1. The molecular formula is C22H23ClF3N3O. The van der Waals surface area contributed by atoms with Crippen molar-refractivity contribution in [2.24, 2.45) is 0 Å². The normalized spacial score (nSPS) is 14.9. The average molecular weight is 438 g/mol. The highest BCUT2D eigenvalue weighted by atomic mass is 35.5. The van der Waals surface area contributed by atoms with Crippen molar-refractivity contribution in [3.8, 4) is 16.9 Å². The average Bonchev–Trinajstić information content (AvgIpc) is 3.23. The highest BCUT2D eigenvalue weighted by Gasteiger charge is 2.35. The van der Waals surface area contributed by atoms with Crippen molar-refractivity contribution in [1.29, 1.82) is 0 Å². The van der Waals surface area contributed by atoms with Crippen LogP contribution in [0, 0.1) is 0 Å². The fraction of sp³-hybridized carbons (Fsp3) is 0.318. The first kappa shape index (κ1) is 22.2. The van der Waals surface area contributed by atoms with Gasteiger partial charge in [-0.15, -0.1) is 12.4 Å². The summed E-state index contributed by atoms with van der Waals surface area (Å²) in [6.45, 7) is 1.92. The van der Waals surface area contributed by atoms with E-state index >= 15 is 0 Å². The highest BCUT2D eigenvalue weighted by Crippen LogP contribution is 2.39. The van der Waals surface area contributed by atoms with Crippen molar-refractivity contribution in [2.75, 3.05) is 13.1 Å². The van der Waals surface area contributed by atoms with E-state index in [0.29, 0.717) is 11.1 Å². The van der Waals surface area contributed by atoms with Gasteiger partial charge in [-0.3, -0.25) is 4.68 Å². The summed E-state index contributed by atoms with van der Waals surface area (Å²) < 4.78 is 48.3. The number of aromatic nitrogens is 2. The number of benzene rings is 2. The van der Waals surface area contributed by atoms with Crippen LogP contribution in [0.25, 0.3) is 11.1 Å². The molecule has 1 N–H and O–H groups in total. The second kappa shape index (κ2) is 9.53. The number of piperidine rings is 1. The van der Waals surface area contributed by atoms with Crippen LogP contribution in [-0.2, 0) is 12.8 Å². The molecule has 0 bridgehead atoms. The largest absolute Gasteiger partial charge is 0.488 e. The Morgan fingerprint density at radius 1 is 1.03 bits per heavy atom. The van der Waals surface area contributed by atoms with E-state index in [1.807, 2.05) is 41.2 Å². The predicted molar refractivity (Wildman–Crippen MR) is 112 cm³/mol. The lowest BCUT2D eigenvalue weighted by Crippen LogP contribution is -2.29. The molecule has 0 atom stereocenters. The van der Waals surface area contributed by atoms with Crippen molar-refractivity contribution >= 4 is 12.4 Å². The first-order chi connectivity index (χ1) is 14.0. The minimum atomic E-state index is -4.51. The van der Waals surface area contributed by atoms with Gasteiger partial charge in [-0.25, -0.2) is 0 Å². The van der Waals surface area contributed by atoms with Gasteiger partial charge in [-0.2, -0.15) is 18.3 Å². The van der Waals surface area contributed by atoms with Crippen LogP contribution in [-0.4, -0.2) is 22.9 Å². The fourth-order valence-electron chi connectivity index (χ4n) is 3.55. The maximum Gasteiger partial charge on any atom is 0.419 e. The van der Waals surface area contributed by atoms with E-state index in [1.165, 1.54) is 6.07 Å². The molecule has 1 aliphatic heterocycles. The Morgan fingerprint density at radius 2 is 1.77 bits per heavy atom. The molecule has 1 fully saturated rings. The molecule has 1 aliphatic rings. The summed E-state index contributed by atoms with van der Waals surface area (Å²) in [5, 5.41) is 7.68. The van der Waals surface area contributed by atoms with Gasteiger partial charge in [-0.05, 0) is 49.2 Å². The quantitative estimate of drug-likeness (QED) is 0.573. The van der Waals surface area contributed by atoms with Gasteiger partial charge in [0.1, 0.15) is 12.4 Å². The van der Waals surface area contributed by atoms with Crippen molar-refractivity contribution < 1.29 is 17.9 Å².